The molecule has 1 aromatic carbocycles. The van der Waals surface area contributed by atoms with E-state index in [-0.39, 0.29) is 22.6 Å². The molecule has 8 heteroatoms. The van der Waals surface area contributed by atoms with Crippen molar-refractivity contribution in [1.82, 2.24) is 0 Å². The molecule has 0 heterocycles. The number of benzene rings is 1. The normalized spacial score (nSPS) is 16.8. The van der Waals surface area contributed by atoms with E-state index in [4.69, 9.17) is 20.7 Å². The lowest BCUT2D eigenvalue weighted by Gasteiger charge is -2.32. The van der Waals surface area contributed by atoms with Crippen LogP contribution in [0.4, 0.5) is 5.69 Å². The van der Waals surface area contributed by atoms with E-state index in [1.165, 1.54) is 48.3 Å². The van der Waals surface area contributed by atoms with Crippen LogP contribution in [-0.2, 0) is 14.4 Å². The van der Waals surface area contributed by atoms with Crippen molar-refractivity contribution in [1.29, 1.82) is 0 Å². The Labute approximate surface area is 235 Å². The number of hydrogen-bond acceptors (Lipinski definition) is 6. The Bertz CT molecular complexity index is 1310. The van der Waals surface area contributed by atoms with Crippen molar-refractivity contribution in [3.05, 3.63) is 82.5 Å². The molecular weight excluding hydrogens is 510 g/mol. The molecule has 1 atom stereocenters. The van der Waals surface area contributed by atoms with Crippen LogP contribution in [0.25, 0.3) is 0 Å². The molecule has 1 unspecified atom stereocenters. The third-order valence-electron chi connectivity index (χ3n) is 6.77. The number of hydrogen-bond donors (Lipinski definition) is 3. The first-order valence-corrected chi connectivity index (χ1v) is 13.2. The highest BCUT2D eigenvalue weighted by Gasteiger charge is 2.26. The summed E-state index contributed by atoms with van der Waals surface area (Å²) in [6, 6.07) is 4.25. The zero-order valence-corrected chi connectivity index (χ0v) is 23.8. The van der Waals surface area contributed by atoms with Crippen LogP contribution >= 0.6 is 0 Å². The Hall–Kier alpha value is -4.20. The van der Waals surface area contributed by atoms with Gasteiger partial charge in [0.05, 0.1) is 18.5 Å². The zero-order chi connectivity index (χ0) is 30.0. The number of carbonyl (C=O) groups is 4. The molecule has 0 bridgehead atoms. The highest BCUT2D eigenvalue weighted by Crippen LogP contribution is 2.40. The van der Waals surface area contributed by atoms with E-state index in [1.807, 2.05) is 32.1 Å². The number of allylic oxidation sites excluding steroid dienone is 10. The van der Waals surface area contributed by atoms with Crippen LogP contribution in [0.2, 0.25) is 0 Å². The van der Waals surface area contributed by atoms with Gasteiger partial charge in [-0.1, -0.05) is 55.4 Å². The summed E-state index contributed by atoms with van der Waals surface area (Å²) in [6.07, 6.45) is 12.6. The Balaban J connectivity index is 2.07. The third-order valence-corrected chi connectivity index (χ3v) is 6.77. The molecule has 40 heavy (non-hydrogen) atoms. The minimum Gasteiger partial charge on any atom is -0.487 e. The van der Waals surface area contributed by atoms with Gasteiger partial charge in [-0.15, -0.1) is 0 Å². The van der Waals surface area contributed by atoms with Crippen LogP contribution < -0.4 is 10.5 Å². The maximum atomic E-state index is 12.7. The van der Waals surface area contributed by atoms with Gasteiger partial charge in [-0.2, -0.15) is 0 Å². The van der Waals surface area contributed by atoms with Crippen LogP contribution in [0.3, 0.4) is 0 Å². The van der Waals surface area contributed by atoms with Gasteiger partial charge in [-0.3, -0.25) is 14.4 Å². The summed E-state index contributed by atoms with van der Waals surface area (Å²) in [5.74, 6) is -4.35. The van der Waals surface area contributed by atoms with Crippen LogP contribution in [0, 0.1) is 5.41 Å². The van der Waals surface area contributed by atoms with E-state index in [0.717, 1.165) is 17.6 Å². The Morgan fingerprint density at radius 3 is 2.38 bits per heavy atom. The van der Waals surface area contributed by atoms with Gasteiger partial charge in [0.25, 0.3) is 0 Å². The molecule has 1 aliphatic rings. The molecule has 0 spiro atoms. The topological polar surface area (TPSA) is 144 Å². The molecule has 4 N–H and O–H groups in total. The molecule has 2 rings (SSSR count). The predicted octanol–water partition coefficient (Wildman–Crippen LogP) is 6.25. The molecular formula is C32H39NO7. The van der Waals surface area contributed by atoms with Crippen molar-refractivity contribution >= 4 is 29.2 Å². The average Bonchev–Trinajstić information content (AvgIpc) is 2.83. The van der Waals surface area contributed by atoms with Crippen molar-refractivity contribution in [3.8, 4) is 5.75 Å². The number of ketones is 2. The Morgan fingerprint density at radius 2 is 1.77 bits per heavy atom. The molecule has 0 fully saturated rings. The van der Waals surface area contributed by atoms with E-state index in [1.54, 1.807) is 0 Å². The number of anilines is 1. The summed E-state index contributed by atoms with van der Waals surface area (Å²) < 4.78 is 5.50. The van der Waals surface area contributed by atoms with Crippen molar-refractivity contribution in [2.75, 3.05) is 5.73 Å². The molecule has 0 radical (unpaired) electrons. The number of nitrogens with two attached hydrogens (primary N) is 1. The molecule has 8 nitrogen and oxygen atoms in total. The highest BCUT2D eigenvalue weighted by molar-refractivity contribution is 6.32. The number of nitrogen functional groups attached to an aromatic ring is 1. The maximum Gasteiger partial charge on any atom is 0.372 e. The quantitative estimate of drug-likeness (QED) is 0.0861. The van der Waals surface area contributed by atoms with Gasteiger partial charge in [-0.05, 0) is 80.9 Å². The largest absolute Gasteiger partial charge is 0.487 e. The van der Waals surface area contributed by atoms with Crippen LogP contribution in [0.15, 0.2) is 76.9 Å². The lowest BCUT2D eigenvalue weighted by atomic mass is 9.72. The second kappa shape index (κ2) is 14.3. The number of carbonyl (C=O) groups excluding carboxylic acids is 2. The molecule has 0 saturated carbocycles. The summed E-state index contributed by atoms with van der Waals surface area (Å²) in [5.41, 5.74) is 11.2. The summed E-state index contributed by atoms with van der Waals surface area (Å²) in [6.45, 7) is 10.6. The fraction of sp³-hybridized carbons (Fsp3) is 0.375. The smallest absolute Gasteiger partial charge is 0.372 e. The molecule has 0 saturated heterocycles. The number of Topliss-reactive ketones (excluding diaryl/α,β-unsaturated/α-hetero) is 1. The molecule has 1 aliphatic carbocycles. The Kier molecular flexibility index (Phi) is 11.4. The minimum absolute atomic E-state index is 0.0535. The third kappa shape index (κ3) is 9.84. The predicted molar refractivity (Wildman–Crippen MR) is 155 cm³/mol. The van der Waals surface area contributed by atoms with Gasteiger partial charge in [0.2, 0.25) is 5.78 Å². The standard InChI is InChI=1S/C32H39NO7/c1-20(11-13-25-22(3)10-7-15-32(25,4)5)8-6-9-21(2)16-27(34)23-12-14-29(26(33)17-23)40-24(19-30(36)37)18-28(35)31(38)39/h6,8-9,11-14,16-17,24H,7,10,15,18-19,33H2,1-5H3,(H,36,37)(H,38,39)/b9-6+,13-11+,20-8+,21-16+. The number of carboxylic acids is 2. The van der Waals surface area contributed by atoms with Gasteiger partial charge in [0, 0.05) is 5.56 Å². The van der Waals surface area contributed by atoms with Crippen molar-refractivity contribution in [2.24, 2.45) is 5.41 Å². The monoisotopic (exact) mass is 549 g/mol. The fourth-order valence-corrected chi connectivity index (χ4v) is 4.60. The number of carboxylic acid groups (broad SMARTS) is 2. The summed E-state index contributed by atoms with van der Waals surface area (Å²) >= 11 is 0. The van der Waals surface area contributed by atoms with E-state index >= 15 is 0 Å². The molecule has 0 amide bonds. The fourth-order valence-electron chi connectivity index (χ4n) is 4.60. The summed E-state index contributed by atoms with van der Waals surface area (Å²) in [5, 5.41) is 17.9. The van der Waals surface area contributed by atoms with Gasteiger partial charge in [-0.25, -0.2) is 4.79 Å². The van der Waals surface area contributed by atoms with Gasteiger partial charge < -0.3 is 20.7 Å². The zero-order valence-electron chi connectivity index (χ0n) is 23.8. The van der Waals surface area contributed by atoms with Crippen LogP contribution in [0.1, 0.15) is 77.1 Å². The van der Waals surface area contributed by atoms with Crippen LogP contribution in [-0.4, -0.2) is 39.8 Å². The van der Waals surface area contributed by atoms with Crippen molar-refractivity contribution < 1.29 is 34.1 Å². The van der Waals surface area contributed by atoms with E-state index in [2.05, 4.69) is 32.9 Å². The van der Waals surface area contributed by atoms with Crippen LogP contribution in [0.5, 0.6) is 5.75 Å². The Morgan fingerprint density at radius 1 is 1.07 bits per heavy atom. The molecule has 0 aliphatic heterocycles. The summed E-state index contributed by atoms with van der Waals surface area (Å²) in [7, 11) is 0. The minimum atomic E-state index is -1.68. The SMILES string of the molecule is CC1=C(/C=C/C(C)=C/C=C/C(C)=C/C(=O)c2ccc(OC(CC(=O)O)CC(=O)C(=O)O)c(N)c2)C(C)(C)CCC1. The molecule has 214 valence electrons. The first-order valence-electron chi connectivity index (χ1n) is 13.2. The number of aliphatic carboxylic acids is 2. The lowest BCUT2D eigenvalue weighted by Crippen LogP contribution is -2.27. The number of rotatable bonds is 13. The van der Waals surface area contributed by atoms with Gasteiger partial charge in [0.1, 0.15) is 11.9 Å². The van der Waals surface area contributed by atoms with E-state index in [0.29, 0.717) is 5.56 Å². The first kappa shape index (κ1) is 32.0. The second-order valence-corrected chi connectivity index (χ2v) is 10.8. The van der Waals surface area contributed by atoms with E-state index in [9.17, 15) is 19.2 Å². The molecule has 0 aromatic heterocycles. The maximum absolute atomic E-state index is 12.7. The first-order chi connectivity index (χ1) is 18.7. The highest BCUT2D eigenvalue weighted by atomic mass is 16.5. The molecule has 1 aromatic rings. The van der Waals surface area contributed by atoms with Gasteiger partial charge >= 0.3 is 11.9 Å². The van der Waals surface area contributed by atoms with Crippen molar-refractivity contribution in [2.45, 2.75) is 72.8 Å². The van der Waals surface area contributed by atoms with Crippen molar-refractivity contribution in [3.63, 3.8) is 0 Å². The second-order valence-electron chi connectivity index (χ2n) is 10.8. The number of ether oxygens (including phenoxy) is 1. The van der Waals surface area contributed by atoms with Gasteiger partial charge in [0.15, 0.2) is 5.78 Å². The lowest BCUT2D eigenvalue weighted by molar-refractivity contribution is -0.150. The average molecular weight is 550 g/mol. The summed E-state index contributed by atoms with van der Waals surface area (Å²) in [4.78, 5) is 46.2. The van der Waals surface area contributed by atoms with E-state index < -0.39 is 36.7 Å².